The van der Waals surface area contributed by atoms with E-state index in [0.29, 0.717) is 18.2 Å². The minimum Gasteiger partial charge on any atom is -0.449 e. The molecule has 0 spiro atoms. The Hall–Kier alpha value is -1.99. The number of amides is 1. The van der Waals surface area contributed by atoms with Crippen LogP contribution in [0.2, 0.25) is 0 Å². The van der Waals surface area contributed by atoms with Crippen LogP contribution in [0.1, 0.15) is 51.8 Å². The van der Waals surface area contributed by atoms with Crippen LogP contribution in [0.3, 0.4) is 0 Å². The van der Waals surface area contributed by atoms with Crippen molar-refractivity contribution in [2.45, 2.75) is 81.5 Å². The number of fused-ring (bicyclic) bond motifs is 1. The molecule has 8 atom stereocenters. The highest BCUT2D eigenvalue weighted by Gasteiger charge is 2.66. The average Bonchev–Trinajstić information content (AvgIpc) is 3.59. The van der Waals surface area contributed by atoms with Crippen molar-refractivity contribution in [2.24, 2.45) is 17.8 Å². The SMILES string of the molecule is C[C@@H]1C[C@H](NS(C)(=O)=O)[C@H](CO[C@H]2CC[C@]3(c4ncc(F)cn4)[C@H](C2)[C@@H]3C)N1C(=O)OCC1CC1(F)F. The van der Waals surface area contributed by atoms with Gasteiger partial charge < -0.3 is 9.47 Å². The number of likely N-dealkylation sites (tertiary alicyclic amines) is 1. The molecule has 5 rings (SSSR count). The number of aromatic nitrogens is 2. The van der Waals surface area contributed by atoms with E-state index in [4.69, 9.17) is 9.47 Å². The molecule has 13 heteroatoms. The van der Waals surface area contributed by atoms with Crippen LogP contribution in [0.4, 0.5) is 18.0 Å². The molecule has 0 bridgehead atoms. The molecule has 9 nitrogen and oxygen atoms in total. The predicted molar refractivity (Wildman–Crippen MR) is 126 cm³/mol. The summed E-state index contributed by atoms with van der Waals surface area (Å²) in [6, 6.07) is -1.59. The second-order valence-corrected chi connectivity index (χ2v) is 13.0. The minimum absolute atomic E-state index is 0.0814. The molecule has 0 radical (unpaired) electrons. The lowest BCUT2D eigenvalue weighted by molar-refractivity contribution is -0.0136. The lowest BCUT2D eigenvalue weighted by Gasteiger charge is -2.33. The van der Waals surface area contributed by atoms with Crippen LogP contribution in [0.5, 0.6) is 0 Å². The van der Waals surface area contributed by atoms with E-state index in [1.54, 1.807) is 6.92 Å². The highest BCUT2D eigenvalue weighted by atomic mass is 32.2. The number of carbonyl (C=O) groups is 1. The number of hydrogen-bond acceptors (Lipinski definition) is 7. The molecule has 206 valence electrons. The van der Waals surface area contributed by atoms with Crippen molar-refractivity contribution in [2.75, 3.05) is 19.5 Å². The number of carbonyl (C=O) groups excluding carboxylic acids is 1. The van der Waals surface area contributed by atoms with E-state index < -0.39 is 45.9 Å². The van der Waals surface area contributed by atoms with Crippen molar-refractivity contribution in [3.63, 3.8) is 0 Å². The molecular formula is C24H33F3N4O5S. The largest absolute Gasteiger partial charge is 0.449 e. The van der Waals surface area contributed by atoms with Crippen molar-refractivity contribution in [1.29, 1.82) is 0 Å². The summed E-state index contributed by atoms with van der Waals surface area (Å²) in [5.41, 5.74) is -0.184. The summed E-state index contributed by atoms with van der Waals surface area (Å²) in [5, 5.41) is 0. The molecule has 1 aromatic heterocycles. The van der Waals surface area contributed by atoms with Crippen molar-refractivity contribution in [3.8, 4) is 0 Å². The van der Waals surface area contributed by atoms with Gasteiger partial charge in [0.15, 0.2) is 5.82 Å². The van der Waals surface area contributed by atoms with Gasteiger partial charge in [0, 0.05) is 23.9 Å². The number of nitrogens with one attached hydrogen (secondary N) is 1. The lowest BCUT2D eigenvalue weighted by atomic mass is 9.85. The van der Waals surface area contributed by atoms with Gasteiger partial charge in [-0.1, -0.05) is 6.92 Å². The summed E-state index contributed by atoms with van der Waals surface area (Å²) >= 11 is 0. The molecule has 4 fully saturated rings. The van der Waals surface area contributed by atoms with Gasteiger partial charge in [-0.3, -0.25) is 4.90 Å². The van der Waals surface area contributed by atoms with Gasteiger partial charge >= 0.3 is 6.09 Å². The van der Waals surface area contributed by atoms with Crippen LogP contribution in [0, 0.1) is 23.6 Å². The Labute approximate surface area is 214 Å². The van der Waals surface area contributed by atoms with Gasteiger partial charge in [0.1, 0.15) is 12.4 Å². The Morgan fingerprint density at radius 3 is 2.49 bits per heavy atom. The van der Waals surface area contributed by atoms with Gasteiger partial charge in [-0.15, -0.1) is 0 Å². The van der Waals surface area contributed by atoms with Gasteiger partial charge in [-0.25, -0.2) is 41.1 Å². The number of nitrogens with zero attached hydrogens (tertiary/aromatic N) is 3. The monoisotopic (exact) mass is 546 g/mol. The van der Waals surface area contributed by atoms with Crippen molar-refractivity contribution in [1.82, 2.24) is 19.6 Å². The fourth-order valence-electron chi connectivity index (χ4n) is 6.54. The van der Waals surface area contributed by atoms with Gasteiger partial charge in [-0.2, -0.15) is 0 Å². The Kier molecular flexibility index (Phi) is 6.71. The number of rotatable bonds is 8. The van der Waals surface area contributed by atoms with Crippen LogP contribution in [0.25, 0.3) is 0 Å². The molecule has 4 aliphatic rings. The van der Waals surface area contributed by atoms with E-state index in [-0.39, 0.29) is 43.1 Å². The minimum atomic E-state index is -3.56. The number of hydrogen-bond donors (Lipinski definition) is 1. The fraction of sp³-hybridized carbons (Fsp3) is 0.792. The molecule has 3 aliphatic carbocycles. The Morgan fingerprint density at radius 2 is 1.89 bits per heavy atom. The zero-order valence-electron chi connectivity index (χ0n) is 21.1. The van der Waals surface area contributed by atoms with Gasteiger partial charge in [0.05, 0.1) is 43.3 Å². The molecule has 3 saturated carbocycles. The summed E-state index contributed by atoms with van der Waals surface area (Å²) in [7, 11) is -3.56. The Bertz CT molecular complexity index is 1140. The summed E-state index contributed by atoms with van der Waals surface area (Å²) < 4.78 is 77.8. The molecule has 1 saturated heterocycles. The normalized spacial score (nSPS) is 38.2. The number of halogens is 3. The van der Waals surface area contributed by atoms with E-state index >= 15 is 0 Å². The van der Waals surface area contributed by atoms with Crippen LogP contribution in [-0.4, -0.2) is 79.0 Å². The molecule has 1 aromatic rings. The second kappa shape index (κ2) is 9.33. The lowest BCUT2D eigenvalue weighted by Crippen LogP contribution is -2.50. The first-order chi connectivity index (χ1) is 17.3. The third kappa shape index (κ3) is 5.18. The number of ether oxygens (including phenoxy) is 2. The first-order valence-electron chi connectivity index (χ1n) is 12.7. The molecule has 37 heavy (non-hydrogen) atoms. The van der Waals surface area contributed by atoms with Gasteiger partial charge in [0.2, 0.25) is 10.0 Å². The van der Waals surface area contributed by atoms with E-state index in [1.807, 2.05) is 0 Å². The quantitative estimate of drug-likeness (QED) is 0.534. The van der Waals surface area contributed by atoms with Crippen molar-refractivity contribution >= 4 is 16.1 Å². The maximum Gasteiger partial charge on any atom is 0.410 e. The zero-order chi connectivity index (χ0) is 26.8. The maximum absolute atomic E-state index is 13.3. The van der Waals surface area contributed by atoms with Crippen molar-refractivity contribution < 1.29 is 35.9 Å². The first kappa shape index (κ1) is 26.6. The van der Waals surface area contributed by atoms with E-state index in [9.17, 15) is 26.4 Å². The zero-order valence-corrected chi connectivity index (χ0v) is 21.9. The van der Waals surface area contributed by atoms with Crippen LogP contribution < -0.4 is 4.72 Å². The molecule has 1 amide bonds. The number of alkyl halides is 2. The Balaban J connectivity index is 1.23. The molecule has 2 heterocycles. The molecule has 0 aromatic carbocycles. The standard InChI is InChI=1S/C24H33F3N4O5S/c1-13-6-19(30-37(3,33)34)20(31(13)22(32)36-11-15-8-24(15,26)27)12-35-17-4-5-23(14(2)18(23)7-17)21-28-9-16(25)10-29-21/h9-10,13-15,17-20,30H,4-8,11-12H2,1-3H3/t13-,14+,15?,17+,18-,19+,20+,23-/m1/s1. The summed E-state index contributed by atoms with van der Waals surface area (Å²) in [5.74, 6) is -2.98. The molecular weight excluding hydrogens is 513 g/mol. The van der Waals surface area contributed by atoms with Gasteiger partial charge in [-0.05, 0) is 44.4 Å². The third-order valence-corrected chi connectivity index (χ3v) is 9.47. The predicted octanol–water partition coefficient (Wildman–Crippen LogP) is 2.86. The summed E-state index contributed by atoms with van der Waals surface area (Å²) in [4.78, 5) is 22.8. The highest BCUT2D eigenvalue weighted by Crippen LogP contribution is 2.66. The molecule has 1 N–H and O–H groups in total. The fourth-order valence-corrected chi connectivity index (χ4v) is 7.35. The summed E-state index contributed by atoms with van der Waals surface area (Å²) in [6.07, 6.45) is 4.88. The van der Waals surface area contributed by atoms with Crippen LogP contribution in [-0.2, 0) is 24.9 Å². The van der Waals surface area contributed by atoms with Crippen LogP contribution >= 0.6 is 0 Å². The second-order valence-electron chi connectivity index (χ2n) is 11.2. The van der Waals surface area contributed by atoms with E-state index in [2.05, 4.69) is 21.6 Å². The summed E-state index contributed by atoms with van der Waals surface area (Å²) in [6.45, 7) is 3.61. The topological polar surface area (TPSA) is 111 Å². The smallest absolute Gasteiger partial charge is 0.410 e. The Morgan fingerprint density at radius 1 is 1.22 bits per heavy atom. The highest BCUT2D eigenvalue weighted by molar-refractivity contribution is 7.88. The third-order valence-electron chi connectivity index (χ3n) is 8.74. The number of sulfonamides is 1. The average molecular weight is 547 g/mol. The molecule has 1 unspecified atom stereocenters. The van der Waals surface area contributed by atoms with E-state index in [1.165, 1.54) is 17.3 Å². The van der Waals surface area contributed by atoms with Crippen molar-refractivity contribution in [3.05, 3.63) is 24.0 Å². The van der Waals surface area contributed by atoms with E-state index in [0.717, 1.165) is 25.5 Å². The maximum atomic E-state index is 13.3. The van der Waals surface area contributed by atoms with Gasteiger partial charge in [0.25, 0.3) is 5.92 Å². The first-order valence-corrected chi connectivity index (χ1v) is 14.6. The van der Waals surface area contributed by atoms with Crippen LogP contribution in [0.15, 0.2) is 12.4 Å². The molecule has 1 aliphatic heterocycles.